The minimum absolute atomic E-state index is 0.0444. The number of carbonyl (C=O) groups is 3. The molecule has 3 aliphatic heterocycles. The van der Waals surface area contributed by atoms with Gasteiger partial charge in [-0.25, -0.2) is 9.80 Å². The number of amides is 3. The lowest BCUT2D eigenvalue weighted by molar-refractivity contribution is 0.0207. The number of piperidine rings is 2. The zero-order chi connectivity index (χ0) is 28.6. The van der Waals surface area contributed by atoms with E-state index in [0.29, 0.717) is 71.0 Å². The summed E-state index contributed by atoms with van der Waals surface area (Å²) in [6.07, 6.45) is 5.93. The van der Waals surface area contributed by atoms with Crippen LogP contribution in [0.15, 0.2) is 30.3 Å². The number of hydrazine groups is 1. The average molecular weight is 590 g/mol. The first-order valence-electron chi connectivity index (χ1n) is 14.9. The summed E-state index contributed by atoms with van der Waals surface area (Å²) in [4.78, 5) is 45.9. The number of fused-ring (bicyclic) bond motifs is 3. The maximum Gasteiger partial charge on any atom is 0.333 e. The third-order valence-electron chi connectivity index (χ3n) is 8.78. The Hall–Kier alpha value is -3.58. The molecule has 3 saturated heterocycles. The number of rotatable bonds is 5. The summed E-state index contributed by atoms with van der Waals surface area (Å²) in [6.45, 7) is 6.21. The smallest absolute Gasteiger partial charge is 0.333 e. The molecule has 3 aromatic rings. The van der Waals surface area contributed by atoms with E-state index in [-0.39, 0.29) is 11.7 Å². The maximum atomic E-state index is 13.8. The largest absolute Gasteiger partial charge is 0.379 e. The number of morpholine rings is 1. The number of anilines is 1. The van der Waals surface area contributed by atoms with Gasteiger partial charge in [0.15, 0.2) is 5.78 Å². The second kappa shape index (κ2) is 11.6. The lowest BCUT2D eigenvalue weighted by Crippen LogP contribution is -2.49. The van der Waals surface area contributed by atoms with Gasteiger partial charge in [-0.1, -0.05) is 18.6 Å². The molecule has 4 aliphatic rings. The summed E-state index contributed by atoms with van der Waals surface area (Å²) in [5.74, 6) is -0.157. The number of aromatic amines is 1. The van der Waals surface area contributed by atoms with Crippen LogP contribution in [-0.2, 0) is 4.74 Å². The standard InChI is InChI=1S/C30H35N7O4S/c38-28-24-20(5-4-6-21(24)31-30(40)34-37-15-17-41-18-16-37)26-25(28)27(33-32-26)22-7-8-23(42-22)29(39)36-13-9-19(10-14-36)35-11-2-1-3-12-35/h4-8,19H,1-3,9-18H2,(H,32,33)(H2,31,34,40). The number of nitrogens with one attached hydrogen (secondary N) is 3. The molecule has 220 valence electrons. The molecule has 0 atom stereocenters. The molecule has 0 saturated carbocycles. The fourth-order valence-corrected chi connectivity index (χ4v) is 7.56. The molecule has 0 spiro atoms. The molecule has 0 bridgehead atoms. The Balaban J connectivity index is 1.05. The van der Waals surface area contributed by atoms with Crippen molar-refractivity contribution >= 4 is 34.7 Å². The Morgan fingerprint density at radius 2 is 1.74 bits per heavy atom. The number of benzene rings is 1. The number of carbonyl (C=O) groups excluding carboxylic acids is 3. The van der Waals surface area contributed by atoms with Gasteiger partial charge in [-0.15, -0.1) is 11.3 Å². The SMILES string of the molecule is O=C(Nc1cccc2c1C(=O)c1c(-c3ccc(C(=O)N4CCC(N5CCCCC5)CC4)s3)n[nH]c1-2)NN1CCOCC1. The van der Waals surface area contributed by atoms with E-state index in [1.807, 2.05) is 29.2 Å². The third-order valence-corrected chi connectivity index (χ3v) is 9.86. The van der Waals surface area contributed by atoms with E-state index in [4.69, 9.17) is 4.74 Å². The van der Waals surface area contributed by atoms with Crippen molar-refractivity contribution in [3.8, 4) is 21.8 Å². The molecule has 1 aliphatic carbocycles. The van der Waals surface area contributed by atoms with Gasteiger partial charge >= 0.3 is 6.03 Å². The zero-order valence-corrected chi connectivity index (χ0v) is 24.3. The summed E-state index contributed by atoms with van der Waals surface area (Å²) in [5, 5.41) is 12.2. The first kappa shape index (κ1) is 27.3. The van der Waals surface area contributed by atoms with Gasteiger partial charge < -0.3 is 19.9 Å². The summed E-state index contributed by atoms with van der Waals surface area (Å²) < 4.78 is 5.33. The van der Waals surface area contributed by atoms with Crippen molar-refractivity contribution in [1.82, 2.24) is 30.4 Å². The molecular weight excluding hydrogens is 554 g/mol. The van der Waals surface area contributed by atoms with Crippen LogP contribution in [0.2, 0.25) is 0 Å². The first-order chi connectivity index (χ1) is 20.6. The van der Waals surface area contributed by atoms with E-state index in [1.165, 1.54) is 43.7 Å². The van der Waals surface area contributed by atoms with E-state index in [9.17, 15) is 14.4 Å². The van der Waals surface area contributed by atoms with Crippen LogP contribution in [0.5, 0.6) is 0 Å². The van der Waals surface area contributed by atoms with Crippen LogP contribution in [0, 0.1) is 0 Å². The molecule has 11 nitrogen and oxygen atoms in total. The minimum Gasteiger partial charge on any atom is -0.379 e. The summed E-state index contributed by atoms with van der Waals surface area (Å²) in [5.41, 5.74) is 6.02. The second-order valence-corrected chi connectivity index (χ2v) is 12.4. The van der Waals surface area contributed by atoms with Gasteiger partial charge in [-0.2, -0.15) is 5.10 Å². The number of nitrogens with zero attached hydrogens (tertiary/aromatic N) is 4. The van der Waals surface area contributed by atoms with Crippen LogP contribution < -0.4 is 10.7 Å². The fourth-order valence-electron chi connectivity index (χ4n) is 6.59. The van der Waals surface area contributed by atoms with Crippen molar-refractivity contribution in [1.29, 1.82) is 0 Å². The molecule has 7 rings (SSSR count). The van der Waals surface area contributed by atoms with E-state index in [0.717, 1.165) is 30.8 Å². The highest BCUT2D eigenvalue weighted by atomic mass is 32.1. The topological polar surface area (TPSA) is 123 Å². The van der Waals surface area contributed by atoms with Crippen LogP contribution in [0.25, 0.3) is 21.8 Å². The monoisotopic (exact) mass is 589 g/mol. The predicted octanol–water partition coefficient (Wildman–Crippen LogP) is 3.81. The van der Waals surface area contributed by atoms with Gasteiger partial charge in [0.05, 0.1) is 45.5 Å². The Bertz CT molecular complexity index is 1500. The number of ketones is 1. The lowest BCUT2D eigenvalue weighted by Gasteiger charge is -2.40. The van der Waals surface area contributed by atoms with Crippen molar-refractivity contribution in [2.75, 3.05) is 57.8 Å². The van der Waals surface area contributed by atoms with Gasteiger partial charge in [0.2, 0.25) is 0 Å². The summed E-state index contributed by atoms with van der Waals surface area (Å²) >= 11 is 1.37. The van der Waals surface area contributed by atoms with Gasteiger partial charge in [0.1, 0.15) is 5.69 Å². The molecular formula is C30H35N7O4S. The molecule has 3 fully saturated rings. The fraction of sp³-hybridized carbons (Fsp3) is 0.467. The van der Waals surface area contributed by atoms with Crippen LogP contribution >= 0.6 is 11.3 Å². The van der Waals surface area contributed by atoms with Crippen molar-refractivity contribution < 1.29 is 19.1 Å². The highest BCUT2D eigenvalue weighted by Gasteiger charge is 2.36. The van der Waals surface area contributed by atoms with Crippen molar-refractivity contribution in [2.45, 2.75) is 38.1 Å². The number of likely N-dealkylation sites (tertiary alicyclic amines) is 2. The van der Waals surface area contributed by atoms with E-state index >= 15 is 0 Å². The van der Waals surface area contributed by atoms with Crippen molar-refractivity contribution in [2.24, 2.45) is 0 Å². The number of ether oxygens (including phenoxy) is 1. The van der Waals surface area contributed by atoms with Crippen LogP contribution in [-0.4, -0.2) is 101 Å². The molecule has 0 radical (unpaired) electrons. The van der Waals surface area contributed by atoms with Gasteiger partial charge in [-0.3, -0.25) is 20.1 Å². The Morgan fingerprint density at radius 1 is 0.952 bits per heavy atom. The molecule has 3 amide bonds. The molecule has 1 aromatic carbocycles. The number of aromatic nitrogens is 2. The lowest BCUT2D eigenvalue weighted by atomic mass is 10.00. The van der Waals surface area contributed by atoms with Gasteiger partial charge in [-0.05, 0) is 57.0 Å². The second-order valence-electron chi connectivity index (χ2n) is 11.3. The number of hydrogen-bond donors (Lipinski definition) is 3. The van der Waals surface area contributed by atoms with Crippen LogP contribution in [0.4, 0.5) is 10.5 Å². The van der Waals surface area contributed by atoms with Crippen molar-refractivity contribution in [3.63, 3.8) is 0 Å². The molecule has 12 heteroatoms. The highest BCUT2D eigenvalue weighted by Crippen LogP contribution is 2.44. The Kier molecular flexibility index (Phi) is 7.53. The molecule has 42 heavy (non-hydrogen) atoms. The maximum absolute atomic E-state index is 13.8. The normalized spacial score (nSPS) is 19.9. The minimum atomic E-state index is -0.409. The number of thiophene rings is 1. The molecule has 0 unspecified atom stereocenters. The quantitative estimate of drug-likeness (QED) is 0.324. The number of urea groups is 1. The van der Waals surface area contributed by atoms with E-state index in [2.05, 4.69) is 25.8 Å². The molecule has 3 N–H and O–H groups in total. The van der Waals surface area contributed by atoms with E-state index < -0.39 is 6.03 Å². The summed E-state index contributed by atoms with van der Waals surface area (Å²) in [6, 6.07) is 9.28. The molecule has 2 aromatic heterocycles. The third kappa shape index (κ3) is 5.13. The predicted molar refractivity (Wildman–Crippen MR) is 160 cm³/mol. The van der Waals surface area contributed by atoms with E-state index in [1.54, 1.807) is 11.1 Å². The average Bonchev–Trinajstić information content (AvgIpc) is 3.75. The van der Waals surface area contributed by atoms with Crippen LogP contribution in [0.3, 0.4) is 0 Å². The number of H-pyrrole nitrogens is 1. The summed E-state index contributed by atoms with van der Waals surface area (Å²) in [7, 11) is 0. The highest BCUT2D eigenvalue weighted by molar-refractivity contribution is 7.17. The number of hydrogen-bond acceptors (Lipinski definition) is 8. The van der Waals surface area contributed by atoms with Crippen LogP contribution in [0.1, 0.15) is 57.7 Å². The van der Waals surface area contributed by atoms with Gasteiger partial charge in [0, 0.05) is 37.8 Å². The molecule has 5 heterocycles. The Labute approximate surface area is 248 Å². The first-order valence-corrected chi connectivity index (χ1v) is 15.7. The van der Waals surface area contributed by atoms with Gasteiger partial charge in [0.25, 0.3) is 5.91 Å². The zero-order valence-electron chi connectivity index (χ0n) is 23.5. The van der Waals surface area contributed by atoms with Crippen molar-refractivity contribution in [3.05, 3.63) is 46.3 Å². The Morgan fingerprint density at radius 3 is 2.52 bits per heavy atom.